The molecule has 0 aromatic carbocycles. The minimum Gasteiger partial charge on any atom is -0.336 e. The molecule has 3 rings (SSSR count). The van der Waals surface area contributed by atoms with E-state index < -0.39 is 3.79 Å². The fraction of sp³-hybridized carbons (Fsp3) is 0.562. The van der Waals surface area contributed by atoms with Crippen LogP contribution >= 0.6 is 34.8 Å². The largest absolute Gasteiger partial charge is 0.336 e. The number of alkyl halides is 3. The Balaban J connectivity index is 1.65. The quantitative estimate of drug-likeness (QED) is 0.776. The maximum absolute atomic E-state index is 5.85. The Hall–Kier alpha value is -1.08. The Morgan fingerprint density at radius 3 is 2.64 bits per heavy atom. The Labute approximate surface area is 162 Å². The van der Waals surface area contributed by atoms with Crippen molar-refractivity contribution < 1.29 is 0 Å². The summed E-state index contributed by atoms with van der Waals surface area (Å²) in [5, 5.41) is 4.68. The van der Waals surface area contributed by atoms with Gasteiger partial charge in [0, 0.05) is 61.8 Å². The average molecular weight is 404 g/mol. The maximum Gasteiger partial charge on any atom is 0.225 e. The van der Waals surface area contributed by atoms with E-state index in [9.17, 15) is 0 Å². The first kappa shape index (κ1) is 18.7. The first-order valence-corrected chi connectivity index (χ1v) is 9.41. The van der Waals surface area contributed by atoms with E-state index in [1.54, 1.807) is 12.4 Å². The second-order valence-electron chi connectivity index (χ2n) is 6.42. The van der Waals surface area contributed by atoms with E-state index in [0.29, 0.717) is 11.5 Å². The molecular formula is C16H21Cl3N6. The van der Waals surface area contributed by atoms with Crippen molar-refractivity contribution in [3.63, 3.8) is 0 Å². The van der Waals surface area contributed by atoms with Crippen molar-refractivity contribution >= 4 is 40.8 Å². The molecule has 3 heterocycles. The molecule has 1 aliphatic heterocycles. The number of nitrogens with zero attached hydrogens (tertiary/aromatic N) is 5. The zero-order chi connectivity index (χ0) is 18.0. The lowest BCUT2D eigenvalue weighted by Crippen LogP contribution is -2.31. The van der Waals surface area contributed by atoms with Crippen LogP contribution in [0.3, 0.4) is 0 Å². The zero-order valence-corrected chi connectivity index (χ0v) is 16.3. The third-order valence-electron chi connectivity index (χ3n) is 4.20. The number of fused-ring (bicyclic) bond motifs is 1. The predicted molar refractivity (Wildman–Crippen MR) is 101 cm³/mol. The van der Waals surface area contributed by atoms with E-state index >= 15 is 0 Å². The summed E-state index contributed by atoms with van der Waals surface area (Å²) in [5.41, 5.74) is 8.62. The van der Waals surface area contributed by atoms with Gasteiger partial charge < -0.3 is 10.6 Å². The molecule has 0 aliphatic carbocycles. The van der Waals surface area contributed by atoms with Crippen LogP contribution < -0.4 is 10.6 Å². The molecule has 136 valence electrons. The van der Waals surface area contributed by atoms with Crippen molar-refractivity contribution in [2.24, 2.45) is 5.73 Å². The zero-order valence-electron chi connectivity index (χ0n) is 14.0. The highest BCUT2D eigenvalue weighted by Crippen LogP contribution is 2.37. The van der Waals surface area contributed by atoms with Gasteiger partial charge in [-0.3, -0.25) is 4.68 Å². The van der Waals surface area contributed by atoms with Crippen molar-refractivity contribution in [1.29, 1.82) is 0 Å². The summed E-state index contributed by atoms with van der Waals surface area (Å²) in [4.78, 5) is 10.8. The summed E-state index contributed by atoms with van der Waals surface area (Å²) in [6.07, 6.45) is 8.12. The van der Waals surface area contributed by atoms with Crippen molar-refractivity contribution in [2.75, 3.05) is 11.4 Å². The number of nitrogens with two attached hydrogens (primary N) is 1. The second-order valence-corrected chi connectivity index (χ2v) is 8.71. The van der Waals surface area contributed by atoms with Crippen molar-refractivity contribution in [3.8, 4) is 0 Å². The summed E-state index contributed by atoms with van der Waals surface area (Å²) >= 11 is 17.5. The van der Waals surface area contributed by atoms with Crippen LogP contribution in [0.4, 0.5) is 5.95 Å². The molecule has 0 fully saturated rings. The lowest BCUT2D eigenvalue weighted by molar-refractivity contribution is 0.521. The Kier molecular flexibility index (Phi) is 5.73. The van der Waals surface area contributed by atoms with Crippen molar-refractivity contribution in [1.82, 2.24) is 19.7 Å². The molecule has 1 aliphatic rings. The number of anilines is 1. The first-order valence-electron chi connectivity index (χ1n) is 8.28. The van der Waals surface area contributed by atoms with E-state index in [1.165, 1.54) is 5.56 Å². The predicted octanol–water partition coefficient (Wildman–Crippen LogP) is 3.19. The van der Waals surface area contributed by atoms with Gasteiger partial charge in [0.1, 0.15) is 0 Å². The third-order valence-corrected chi connectivity index (χ3v) is 4.85. The molecule has 2 aromatic rings. The lowest BCUT2D eigenvalue weighted by atomic mass is 10.1. The molecule has 2 aromatic heterocycles. The molecule has 1 atom stereocenters. The molecule has 9 heteroatoms. The summed E-state index contributed by atoms with van der Waals surface area (Å²) in [6, 6.07) is 0.230. The average Bonchev–Trinajstić information content (AvgIpc) is 2.95. The van der Waals surface area contributed by atoms with Crippen LogP contribution in [0.2, 0.25) is 0 Å². The summed E-state index contributed by atoms with van der Waals surface area (Å²) < 4.78 is 0.513. The molecule has 0 saturated carbocycles. The van der Waals surface area contributed by atoms with Crippen LogP contribution in [0.1, 0.15) is 36.6 Å². The molecule has 0 saturated heterocycles. The number of rotatable bonds is 5. The molecule has 0 amide bonds. The van der Waals surface area contributed by atoms with Gasteiger partial charge in [0.25, 0.3) is 0 Å². The lowest BCUT2D eigenvalue weighted by Gasteiger charge is -2.26. The molecule has 2 N–H and O–H groups in total. The summed E-state index contributed by atoms with van der Waals surface area (Å²) in [7, 11) is 0. The molecule has 6 nitrogen and oxygen atoms in total. The van der Waals surface area contributed by atoms with Crippen molar-refractivity contribution in [3.05, 3.63) is 35.4 Å². The van der Waals surface area contributed by atoms with Gasteiger partial charge >= 0.3 is 0 Å². The van der Waals surface area contributed by atoms with Gasteiger partial charge in [-0.15, -0.1) is 0 Å². The smallest absolute Gasteiger partial charge is 0.225 e. The van der Waals surface area contributed by atoms with Gasteiger partial charge in [-0.25, -0.2) is 9.97 Å². The van der Waals surface area contributed by atoms with Gasteiger partial charge in [0.05, 0.1) is 5.69 Å². The number of halogens is 3. The van der Waals surface area contributed by atoms with Gasteiger partial charge in [0.15, 0.2) is 0 Å². The van der Waals surface area contributed by atoms with E-state index in [0.717, 1.165) is 44.6 Å². The fourth-order valence-electron chi connectivity index (χ4n) is 2.86. The van der Waals surface area contributed by atoms with Gasteiger partial charge in [-0.05, 0) is 19.8 Å². The standard InChI is InChI=1S/C16H21Cl3N6/c1-11(20)3-2-5-25-10-12-9-24(6-4-14(12)23-25)15-21-7-13(8-22-15)16(17,18)19/h7-8,10-11H,2-6,9,20H2,1H3/t11-/m0/s1. The van der Waals surface area contributed by atoms with E-state index in [4.69, 9.17) is 40.5 Å². The van der Waals surface area contributed by atoms with Crippen LogP contribution in [-0.2, 0) is 23.3 Å². The SMILES string of the molecule is C[C@H](N)CCCn1cc2c(n1)CCN(c1ncc(C(Cl)(Cl)Cl)cn1)C2. The summed E-state index contributed by atoms with van der Waals surface area (Å²) in [5.74, 6) is 0.633. The molecule has 0 unspecified atom stereocenters. The van der Waals surface area contributed by atoms with Crippen LogP contribution in [0.25, 0.3) is 0 Å². The Morgan fingerprint density at radius 2 is 2.00 bits per heavy atom. The minimum atomic E-state index is -1.50. The van der Waals surface area contributed by atoms with E-state index in [1.807, 2.05) is 11.6 Å². The normalized spacial score (nSPS) is 16.0. The fourth-order valence-corrected chi connectivity index (χ4v) is 3.15. The van der Waals surface area contributed by atoms with Crippen LogP contribution in [0.5, 0.6) is 0 Å². The Morgan fingerprint density at radius 1 is 1.28 bits per heavy atom. The van der Waals surface area contributed by atoms with Crippen LogP contribution in [0.15, 0.2) is 18.6 Å². The second kappa shape index (κ2) is 7.66. The topological polar surface area (TPSA) is 72.9 Å². The minimum absolute atomic E-state index is 0.230. The third kappa shape index (κ3) is 4.76. The number of hydrogen-bond donors (Lipinski definition) is 1. The molecular weight excluding hydrogens is 383 g/mol. The Bertz CT molecular complexity index is 708. The van der Waals surface area contributed by atoms with E-state index in [2.05, 4.69) is 26.2 Å². The molecule has 0 radical (unpaired) electrons. The molecule has 25 heavy (non-hydrogen) atoms. The van der Waals surface area contributed by atoms with Crippen molar-refractivity contribution in [2.45, 2.75) is 49.1 Å². The molecule has 0 bridgehead atoms. The van der Waals surface area contributed by atoms with Crippen LogP contribution in [0, 0.1) is 0 Å². The highest BCUT2D eigenvalue weighted by Gasteiger charge is 2.25. The van der Waals surface area contributed by atoms with Crippen LogP contribution in [-0.4, -0.2) is 32.3 Å². The monoisotopic (exact) mass is 402 g/mol. The first-order chi connectivity index (χ1) is 11.8. The number of aryl methyl sites for hydroxylation is 1. The number of hydrogen-bond acceptors (Lipinski definition) is 5. The summed E-state index contributed by atoms with van der Waals surface area (Å²) in [6.45, 7) is 4.47. The van der Waals surface area contributed by atoms with Gasteiger partial charge in [-0.2, -0.15) is 5.10 Å². The molecule has 0 spiro atoms. The highest BCUT2D eigenvalue weighted by molar-refractivity contribution is 6.66. The maximum atomic E-state index is 5.85. The van der Waals surface area contributed by atoms with Gasteiger partial charge in [-0.1, -0.05) is 34.8 Å². The number of aromatic nitrogens is 4. The van der Waals surface area contributed by atoms with E-state index in [-0.39, 0.29) is 6.04 Å². The van der Waals surface area contributed by atoms with Gasteiger partial charge in [0.2, 0.25) is 9.74 Å². The highest BCUT2D eigenvalue weighted by atomic mass is 35.6.